The fourth-order valence-corrected chi connectivity index (χ4v) is 1.62. The molecule has 0 aliphatic heterocycles. The Morgan fingerprint density at radius 3 is 2.35 bits per heavy atom. The van der Waals surface area contributed by atoms with Crippen molar-refractivity contribution in [3.63, 3.8) is 0 Å². The van der Waals surface area contributed by atoms with Gasteiger partial charge in [-0.3, -0.25) is 4.79 Å². The quantitative estimate of drug-likeness (QED) is 0.738. The highest BCUT2D eigenvalue weighted by molar-refractivity contribution is 5.77. The van der Waals surface area contributed by atoms with Crippen LogP contribution in [-0.4, -0.2) is 12.6 Å². The number of esters is 1. The number of allylic oxidation sites excluding steroid dienone is 1. The maximum Gasteiger partial charge on any atom is 0.313 e. The second-order valence-electron chi connectivity index (χ2n) is 4.36. The Hall–Kier alpha value is -1.57. The van der Waals surface area contributed by atoms with E-state index in [1.165, 1.54) is 5.57 Å². The van der Waals surface area contributed by atoms with Crippen LogP contribution in [0.15, 0.2) is 29.8 Å². The molecule has 92 valence electrons. The number of ether oxygens (including phenoxy) is 1. The Morgan fingerprint density at radius 2 is 1.88 bits per heavy atom. The molecule has 0 fully saturated rings. The van der Waals surface area contributed by atoms with Crippen molar-refractivity contribution in [3.8, 4) is 0 Å². The van der Waals surface area contributed by atoms with Crippen LogP contribution in [0.2, 0.25) is 0 Å². The van der Waals surface area contributed by atoms with Gasteiger partial charge in [0.2, 0.25) is 0 Å². The molecule has 1 aromatic carbocycles. The Balaban J connectivity index is 2.80. The molecule has 0 saturated heterocycles. The zero-order chi connectivity index (χ0) is 12.8. The first kappa shape index (κ1) is 13.5. The SMILES string of the molecule is CCOC(=O)C(C)c1ccc(C=C(C)C)cc1. The molecular weight excluding hydrogens is 212 g/mol. The summed E-state index contributed by atoms with van der Waals surface area (Å²) in [7, 11) is 0. The van der Waals surface area contributed by atoms with E-state index in [1.54, 1.807) is 0 Å². The molecule has 0 N–H and O–H groups in total. The van der Waals surface area contributed by atoms with Gasteiger partial charge in [0.25, 0.3) is 0 Å². The fraction of sp³-hybridized carbons (Fsp3) is 0.400. The van der Waals surface area contributed by atoms with E-state index in [1.807, 2.05) is 38.1 Å². The minimum atomic E-state index is -0.198. The van der Waals surface area contributed by atoms with Crippen LogP contribution in [-0.2, 0) is 9.53 Å². The highest BCUT2D eigenvalue weighted by Crippen LogP contribution is 2.18. The molecule has 0 heterocycles. The molecule has 0 amide bonds. The summed E-state index contributed by atoms with van der Waals surface area (Å²) in [4.78, 5) is 11.6. The zero-order valence-electron chi connectivity index (χ0n) is 11.0. The standard InChI is InChI=1S/C15H20O2/c1-5-17-15(16)12(4)14-8-6-13(7-9-14)10-11(2)3/h6-10,12H,5H2,1-4H3. The van der Waals surface area contributed by atoms with Crippen LogP contribution < -0.4 is 0 Å². The monoisotopic (exact) mass is 232 g/mol. The summed E-state index contributed by atoms with van der Waals surface area (Å²) in [5.74, 6) is -0.363. The second-order valence-corrected chi connectivity index (χ2v) is 4.36. The average Bonchev–Trinajstić information content (AvgIpc) is 2.28. The van der Waals surface area contributed by atoms with Crippen LogP contribution in [0, 0.1) is 0 Å². The molecule has 2 nitrogen and oxygen atoms in total. The van der Waals surface area contributed by atoms with Gasteiger partial charge in [0.15, 0.2) is 0 Å². The van der Waals surface area contributed by atoms with Gasteiger partial charge >= 0.3 is 5.97 Å². The van der Waals surface area contributed by atoms with E-state index in [4.69, 9.17) is 4.74 Å². The smallest absolute Gasteiger partial charge is 0.313 e. The van der Waals surface area contributed by atoms with Gasteiger partial charge in [-0.25, -0.2) is 0 Å². The predicted octanol–water partition coefficient (Wildman–Crippen LogP) is 3.78. The van der Waals surface area contributed by atoms with Crippen molar-refractivity contribution in [2.45, 2.75) is 33.6 Å². The first-order valence-electron chi connectivity index (χ1n) is 5.96. The van der Waals surface area contributed by atoms with Gasteiger partial charge in [0.05, 0.1) is 12.5 Å². The molecule has 0 spiro atoms. The molecule has 0 aliphatic rings. The van der Waals surface area contributed by atoms with Crippen LogP contribution in [0.25, 0.3) is 6.08 Å². The summed E-state index contributed by atoms with van der Waals surface area (Å²) in [5.41, 5.74) is 3.41. The van der Waals surface area contributed by atoms with Gasteiger partial charge in [0.1, 0.15) is 0 Å². The van der Waals surface area contributed by atoms with Gasteiger partial charge in [-0.15, -0.1) is 0 Å². The minimum Gasteiger partial charge on any atom is -0.466 e. The van der Waals surface area contributed by atoms with E-state index in [-0.39, 0.29) is 11.9 Å². The molecule has 0 radical (unpaired) electrons. The maximum absolute atomic E-state index is 11.6. The van der Waals surface area contributed by atoms with Gasteiger partial charge in [0, 0.05) is 0 Å². The van der Waals surface area contributed by atoms with Crippen molar-refractivity contribution in [1.29, 1.82) is 0 Å². The van der Waals surface area contributed by atoms with E-state index in [0.717, 1.165) is 11.1 Å². The number of benzene rings is 1. The third-order valence-corrected chi connectivity index (χ3v) is 2.53. The van der Waals surface area contributed by atoms with E-state index in [9.17, 15) is 4.79 Å². The van der Waals surface area contributed by atoms with Gasteiger partial charge < -0.3 is 4.74 Å². The van der Waals surface area contributed by atoms with Crippen LogP contribution in [0.5, 0.6) is 0 Å². The fourth-order valence-electron chi connectivity index (χ4n) is 1.62. The van der Waals surface area contributed by atoms with Crippen LogP contribution >= 0.6 is 0 Å². The summed E-state index contributed by atoms with van der Waals surface area (Å²) in [6, 6.07) is 8.02. The van der Waals surface area contributed by atoms with Crippen molar-refractivity contribution in [2.75, 3.05) is 6.61 Å². The molecule has 0 saturated carbocycles. The van der Waals surface area contributed by atoms with Crippen LogP contribution in [0.1, 0.15) is 44.7 Å². The average molecular weight is 232 g/mol. The molecule has 1 atom stereocenters. The molecular formula is C15H20O2. The number of hydrogen-bond donors (Lipinski definition) is 0. The molecule has 1 rings (SSSR count). The Bertz CT molecular complexity index is 397. The lowest BCUT2D eigenvalue weighted by Crippen LogP contribution is -2.12. The van der Waals surface area contributed by atoms with Crippen molar-refractivity contribution in [1.82, 2.24) is 0 Å². The molecule has 0 aromatic heterocycles. The number of carbonyl (C=O) groups excluding carboxylic acids is 1. The molecule has 0 aliphatic carbocycles. The first-order valence-corrected chi connectivity index (χ1v) is 5.96. The molecule has 0 bridgehead atoms. The lowest BCUT2D eigenvalue weighted by Gasteiger charge is -2.10. The lowest BCUT2D eigenvalue weighted by atomic mass is 9.99. The topological polar surface area (TPSA) is 26.3 Å². The summed E-state index contributed by atoms with van der Waals surface area (Å²) in [6.07, 6.45) is 2.11. The summed E-state index contributed by atoms with van der Waals surface area (Å²) >= 11 is 0. The normalized spacial score (nSPS) is 11.8. The van der Waals surface area contributed by atoms with Gasteiger partial charge in [-0.2, -0.15) is 0 Å². The van der Waals surface area contributed by atoms with Crippen LogP contribution in [0.4, 0.5) is 0 Å². The molecule has 1 aromatic rings. The third-order valence-electron chi connectivity index (χ3n) is 2.53. The van der Waals surface area contributed by atoms with Crippen molar-refractivity contribution >= 4 is 12.0 Å². The first-order chi connectivity index (χ1) is 8.04. The predicted molar refractivity (Wildman–Crippen MR) is 70.8 cm³/mol. The summed E-state index contributed by atoms with van der Waals surface area (Å²) in [6.45, 7) is 8.25. The Morgan fingerprint density at radius 1 is 1.29 bits per heavy atom. The summed E-state index contributed by atoms with van der Waals surface area (Å²) in [5, 5.41) is 0. The van der Waals surface area contributed by atoms with E-state index < -0.39 is 0 Å². The highest BCUT2D eigenvalue weighted by Gasteiger charge is 2.15. The lowest BCUT2D eigenvalue weighted by molar-refractivity contribution is -0.144. The van der Waals surface area contributed by atoms with Crippen molar-refractivity contribution in [2.24, 2.45) is 0 Å². The minimum absolute atomic E-state index is 0.164. The summed E-state index contributed by atoms with van der Waals surface area (Å²) < 4.78 is 5.00. The third kappa shape index (κ3) is 4.06. The zero-order valence-corrected chi connectivity index (χ0v) is 11.0. The molecule has 1 unspecified atom stereocenters. The Kier molecular flexibility index (Phi) is 4.95. The highest BCUT2D eigenvalue weighted by atomic mass is 16.5. The van der Waals surface area contributed by atoms with Gasteiger partial charge in [-0.1, -0.05) is 35.9 Å². The largest absolute Gasteiger partial charge is 0.466 e. The maximum atomic E-state index is 11.6. The number of hydrogen-bond acceptors (Lipinski definition) is 2. The van der Waals surface area contributed by atoms with E-state index in [2.05, 4.69) is 19.9 Å². The molecule has 2 heteroatoms. The molecule has 17 heavy (non-hydrogen) atoms. The number of carbonyl (C=O) groups is 1. The van der Waals surface area contributed by atoms with Crippen molar-refractivity contribution in [3.05, 3.63) is 41.0 Å². The number of rotatable bonds is 4. The van der Waals surface area contributed by atoms with E-state index >= 15 is 0 Å². The van der Waals surface area contributed by atoms with Crippen molar-refractivity contribution < 1.29 is 9.53 Å². The Labute approximate surface area is 103 Å². The van der Waals surface area contributed by atoms with Crippen LogP contribution in [0.3, 0.4) is 0 Å². The van der Waals surface area contributed by atoms with E-state index in [0.29, 0.717) is 6.61 Å². The van der Waals surface area contributed by atoms with Gasteiger partial charge in [-0.05, 0) is 38.8 Å². The second kappa shape index (κ2) is 6.24.